The van der Waals surface area contributed by atoms with E-state index in [0.717, 1.165) is 0 Å². The highest BCUT2D eigenvalue weighted by Crippen LogP contribution is 2.18. The summed E-state index contributed by atoms with van der Waals surface area (Å²) in [6, 6.07) is 10.8. The first-order chi connectivity index (χ1) is 9.16. The van der Waals surface area contributed by atoms with E-state index in [2.05, 4.69) is 4.98 Å². The van der Waals surface area contributed by atoms with Gasteiger partial charge >= 0.3 is 0 Å². The topological polar surface area (TPSA) is 34.9 Å². The first kappa shape index (κ1) is 11.9. The SMILES string of the molecule is O=c1c2cc(F)ccc2ncn1-c1ccccc1Cl. The lowest BCUT2D eigenvalue weighted by Crippen LogP contribution is -2.19. The quantitative estimate of drug-likeness (QED) is 0.683. The van der Waals surface area contributed by atoms with Crippen molar-refractivity contribution >= 4 is 22.5 Å². The van der Waals surface area contributed by atoms with Crippen molar-refractivity contribution < 1.29 is 4.39 Å². The second-order valence-corrected chi connectivity index (χ2v) is 4.44. The third-order valence-electron chi connectivity index (χ3n) is 2.83. The van der Waals surface area contributed by atoms with Gasteiger partial charge in [-0.2, -0.15) is 0 Å². The molecule has 0 bridgehead atoms. The van der Waals surface area contributed by atoms with Crippen LogP contribution in [-0.2, 0) is 0 Å². The zero-order valence-electron chi connectivity index (χ0n) is 9.68. The zero-order valence-corrected chi connectivity index (χ0v) is 10.4. The van der Waals surface area contributed by atoms with Crippen LogP contribution in [0.2, 0.25) is 5.02 Å². The van der Waals surface area contributed by atoms with Gasteiger partial charge < -0.3 is 0 Å². The number of halogens is 2. The number of rotatable bonds is 1. The number of nitrogens with zero attached hydrogens (tertiary/aromatic N) is 2. The molecule has 2 aromatic carbocycles. The Balaban J connectivity index is 2.35. The minimum absolute atomic E-state index is 0.224. The van der Waals surface area contributed by atoms with Crippen molar-refractivity contribution in [3.8, 4) is 5.69 Å². The van der Waals surface area contributed by atoms with Gasteiger partial charge in [0.15, 0.2) is 0 Å². The molecule has 19 heavy (non-hydrogen) atoms. The molecule has 0 aliphatic carbocycles. The monoisotopic (exact) mass is 274 g/mol. The van der Waals surface area contributed by atoms with Crippen molar-refractivity contribution in [2.24, 2.45) is 0 Å². The molecule has 3 rings (SSSR count). The number of fused-ring (bicyclic) bond motifs is 1. The largest absolute Gasteiger partial charge is 0.268 e. The Morgan fingerprint density at radius 2 is 1.95 bits per heavy atom. The van der Waals surface area contributed by atoms with Crippen molar-refractivity contribution in [3.63, 3.8) is 0 Å². The summed E-state index contributed by atoms with van der Waals surface area (Å²) in [7, 11) is 0. The predicted octanol–water partition coefficient (Wildman–Crippen LogP) is 3.18. The van der Waals surface area contributed by atoms with Crippen LogP contribution in [0.15, 0.2) is 53.6 Å². The third-order valence-corrected chi connectivity index (χ3v) is 3.15. The summed E-state index contributed by atoms with van der Waals surface area (Å²) in [5.41, 5.74) is 0.625. The fourth-order valence-corrected chi connectivity index (χ4v) is 2.14. The van der Waals surface area contributed by atoms with Gasteiger partial charge in [0, 0.05) is 0 Å². The molecule has 0 spiro atoms. The van der Waals surface area contributed by atoms with Gasteiger partial charge in [-0.1, -0.05) is 23.7 Å². The molecule has 0 radical (unpaired) electrons. The van der Waals surface area contributed by atoms with E-state index >= 15 is 0 Å². The Kier molecular flexibility index (Phi) is 2.80. The Morgan fingerprint density at radius 3 is 2.74 bits per heavy atom. The number of hydrogen-bond acceptors (Lipinski definition) is 2. The number of hydrogen-bond donors (Lipinski definition) is 0. The van der Waals surface area contributed by atoms with E-state index in [1.165, 1.54) is 29.1 Å². The maximum atomic E-state index is 13.2. The van der Waals surface area contributed by atoms with Crippen LogP contribution in [-0.4, -0.2) is 9.55 Å². The van der Waals surface area contributed by atoms with Crippen LogP contribution >= 0.6 is 11.6 Å². The van der Waals surface area contributed by atoms with Crippen LogP contribution in [0.25, 0.3) is 16.6 Å². The highest BCUT2D eigenvalue weighted by atomic mass is 35.5. The molecular formula is C14H8ClFN2O. The van der Waals surface area contributed by atoms with E-state index in [9.17, 15) is 9.18 Å². The Morgan fingerprint density at radius 1 is 1.16 bits per heavy atom. The molecule has 0 aliphatic heterocycles. The summed E-state index contributed by atoms with van der Waals surface area (Å²) in [5, 5.41) is 0.657. The summed E-state index contributed by atoms with van der Waals surface area (Å²) in [6.45, 7) is 0. The Labute approximate surface area is 112 Å². The van der Waals surface area contributed by atoms with Crippen LogP contribution in [0.1, 0.15) is 0 Å². The number of benzene rings is 2. The van der Waals surface area contributed by atoms with Crippen LogP contribution in [0.4, 0.5) is 4.39 Å². The van der Waals surface area contributed by atoms with Crippen molar-refractivity contribution in [2.75, 3.05) is 0 Å². The van der Waals surface area contributed by atoms with Gasteiger partial charge in [-0.05, 0) is 30.3 Å². The van der Waals surface area contributed by atoms with E-state index < -0.39 is 5.82 Å². The zero-order chi connectivity index (χ0) is 13.4. The van der Waals surface area contributed by atoms with Gasteiger partial charge in [-0.15, -0.1) is 0 Å². The van der Waals surface area contributed by atoms with Crippen molar-refractivity contribution in [3.05, 3.63) is 70.0 Å². The molecule has 94 valence electrons. The second kappa shape index (κ2) is 4.48. The number of para-hydroxylation sites is 1. The van der Waals surface area contributed by atoms with Crippen LogP contribution in [0, 0.1) is 5.82 Å². The molecule has 0 fully saturated rings. The fourth-order valence-electron chi connectivity index (χ4n) is 1.91. The molecule has 3 nitrogen and oxygen atoms in total. The average Bonchev–Trinajstić information content (AvgIpc) is 2.41. The third kappa shape index (κ3) is 2.00. The van der Waals surface area contributed by atoms with Crippen molar-refractivity contribution in [1.29, 1.82) is 0 Å². The highest BCUT2D eigenvalue weighted by molar-refractivity contribution is 6.32. The highest BCUT2D eigenvalue weighted by Gasteiger charge is 2.08. The molecule has 0 N–H and O–H groups in total. The van der Waals surface area contributed by atoms with Gasteiger partial charge in [0.05, 0.1) is 21.6 Å². The first-order valence-electron chi connectivity index (χ1n) is 5.58. The van der Waals surface area contributed by atoms with Gasteiger partial charge in [-0.3, -0.25) is 9.36 Å². The minimum atomic E-state index is -0.469. The molecule has 0 saturated carbocycles. The molecule has 0 saturated heterocycles. The lowest BCUT2D eigenvalue weighted by atomic mass is 10.2. The maximum absolute atomic E-state index is 13.2. The molecule has 3 aromatic rings. The number of aromatic nitrogens is 2. The van der Waals surface area contributed by atoms with E-state index in [1.54, 1.807) is 24.3 Å². The smallest absolute Gasteiger partial charge is 0.265 e. The van der Waals surface area contributed by atoms with E-state index in [0.29, 0.717) is 16.2 Å². The molecule has 0 aliphatic rings. The molecule has 0 amide bonds. The van der Waals surface area contributed by atoms with Gasteiger partial charge in [0.2, 0.25) is 0 Å². The van der Waals surface area contributed by atoms with Crippen molar-refractivity contribution in [1.82, 2.24) is 9.55 Å². The normalized spacial score (nSPS) is 10.8. The molecule has 1 aromatic heterocycles. The van der Waals surface area contributed by atoms with Gasteiger partial charge in [-0.25, -0.2) is 9.37 Å². The van der Waals surface area contributed by atoms with Crippen LogP contribution in [0.5, 0.6) is 0 Å². The lowest BCUT2D eigenvalue weighted by Gasteiger charge is -2.08. The van der Waals surface area contributed by atoms with Crippen molar-refractivity contribution in [2.45, 2.75) is 0 Å². The van der Waals surface area contributed by atoms with Crippen LogP contribution < -0.4 is 5.56 Å². The summed E-state index contributed by atoms with van der Waals surface area (Å²) in [4.78, 5) is 16.5. The standard InChI is InChI=1S/C14H8ClFN2O/c15-11-3-1-2-4-13(11)18-8-17-12-6-5-9(16)7-10(12)14(18)19/h1-8H. The first-order valence-corrected chi connectivity index (χ1v) is 5.96. The summed E-state index contributed by atoms with van der Waals surface area (Å²) in [6.07, 6.45) is 1.39. The second-order valence-electron chi connectivity index (χ2n) is 4.03. The average molecular weight is 275 g/mol. The predicted molar refractivity (Wildman–Crippen MR) is 72.3 cm³/mol. The van der Waals surface area contributed by atoms with E-state index in [1.807, 2.05) is 0 Å². The van der Waals surface area contributed by atoms with E-state index in [4.69, 9.17) is 11.6 Å². The fraction of sp³-hybridized carbons (Fsp3) is 0. The summed E-state index contributed by atoms with van der Waals surface area (Å²) in [5.74, 6) is -0.469. The van der Waals surface area contributed by atoms with Gasteiger partial charge in [0.1, 0.15) is 12.1 Å². The molecule has 0 atom stereocenters. The Hall–Kier alpha value is -2.20. The van der Waals surface area contributed by atoms with E-state index in [-0.39, 0.29) is 10.9 Å². The molecule has 0 unspecified atom stereocenters. The molecular weight excluding hydrogens is 267 g/mol. The molecule has 5 heteroatoms. The minimum Gasteiger partial charge on any atom is -0.268 e. The van der Waals surface area contributed by atoms with Gasteiger partial charge in [0.25, 0.3) is 5.56 Å². The van der Waals surface area contributed by atoms with Crippen LogP contribution in [0.3, 0.4) is 0 Å². The summed E-state index contributed by atoms with van der Waals surface area (Å²) < 4.78 is 14.5. The lowest BCUT2D eigenvalue weighted by molar-refractivity contribution is 0.629. The maximum Gasteiger partial charge on any atom is 0.265 e. The summed E-state index contributed by atoms with van der Waals surface area (Å²) >= 11 is 6.05. The molecule has 1 heterocycles. The Bertz CT molecular complexity index is 829.